The number of piperazine rings is 1. The van der Waals surface area contributed by atoms with E-state index < -0.39 is 41.7 Å². The van der Waals surface area contributed by atoms with Crippen LogP contribution in [-0.2, 0) is 21.4 Å². The van der Waals surface area contributed by atoms with Crippen LogP contribution in [-0.4, -0.2) is 151 Å². The van der Waals surface area contributed by atoms with E-state index in [4.69, 9.17) is 25.8 Å². The Kier molecular flexibility index (Phi) is 15.9. The van der Waals surface area contributed by atoms with Crippen molar-refractivity contribution in [1.29, 1.82) is 5.26 Å². The van der Waals surface area contributed by atoms with Gasteiger partial charge in [-0.15, -0.1) is 0 Å². The fourth-order valence-electron chi connectivity index (χ4n) is 12.5. The molecule has 4 fully saturated rings. The number of piperidine rings is 1. The first kappa shape index (κ1) is 56.7. The third-order valence-electron chi connectivity index (χ3n) is 17.0. The number of aryl methyl sites for hydroxylation is 1. The summed E-state index contributed by atoms with van der Waals surface area (Å²) in [4.78, 5) is 59.5. The SMILES string of the molecule is C=C(F)C(=O)N1CCN(c2nc(OCCN3CCC4(CC3)CN(c3cc([C@H](C(=O)N5C[C@H](O)C[C@H]5C(=O)N[C@@H](C)c5ccc(-c6ccnn6C)cc5)C(C)C)on3)C4)nc3c(F)c(-c4cc(O)cc5ccccc45)c(Cl)cc23)C[C@@H]1CC#N. The molecule has 0 saturated carbocycles. The zero-order valence-corrected chi connectivity index (χ0v) is 47.4. The number of nitrogens with zero attached hydrogens (tertiary/aromatic N) is 11. The molecule has 19 nitrogen and oxygen atoms in total. The molecule has 1 spiro atoms. The number of β-amino-alcohol motifs (C(OH)–C–C–N with tert-alkyl or cyclic N) is 1. The zero-order chi connectivity index (χ0) is 58.4. The van der Waals surface area contributed by atoms with Crippen LogP contribution in [0.3, 0.4) is 0 Å². The van der Waals surface area contributed by atoms with Crippen molar-refractivity contribution < 1.29 is 42.6 Å². The van der Waals surface area contributed by atoms with Gasteiger partial charge in [-0.25, -0.2) is 8.78 Å². The first-order valence-corrected chi connectivity index (χ1v) is 28.4. The number of phenols is 1. The van der Waals surface area contributed by atoms with Gasteiger partial charge >= 0.3 is 6.01 Å². The molecule has 83 heavy (non-hydrogen) atoms. The van der Waals surface area contributed by atoms with Crippen LogP contribution in [0.25, 0.3) is 44.1 Å². The summed E-state index contributed by atoms with van der Waals surface area (Å²) in [5, 5.41) is 44.7. The highest BCUT2D eigenvalue weighted by Crippen LogP contribution is 2.45. The van der Waals surface area contributed by atoms with Crippen molar-refractivity contribution in [2.24, 2.45) is 18.4 Å². The summed E-state index contributed by atoms with van der Waals surface area (Å²) in [6, 6.07) is 23.5. The number of amides is 3. The fraction of sp³-hybridized carbons (Fsp3) is 0.410. The lowest BCUT2D eigenvalue weighted by molar-refractivity contribution is -0.141. The Balaban J connectivity index is 0.731. The third kappa shape index (κ3) is 11.3. The molecule has 4 saturated heterocycles. The number of aromatic nitrogens is 5. The van der Waals surface area contributed by atoms with Crippen LogP contribution in [0.1, 0.15) is 69.7 Å². The second-order valence-corrected chi connectivity index (χ2v) is 23.2. The van der Waals surface area contributed by atoms with Crippen LogP contribution >= 0.6 is 11.6 Å². The number of aliphatic hydroxyl groups excluding tert-OH is 1. The van der Waals surface area contributed by atoms with Crippen LogP contribution in [0.15, 0.2) is 102 Å². The molecule has 22 heteroatoms. The molecule has 11 rings (SSSR count). The molecule has 0 bridgehead atoms. The average molecular weight is 1150 g/mol. The number of benzene rings is 4. The number of hydrogen-bond acceptors (Lipinski definition) is 15. The quantitative estimate of drug-likeness (QED) is 0.0774. The fourth-order valence-corrected chi connectivity index (χ4v) is 12.8. The van der Waals surface area contributed by atoms with E-state index >= 15 is 4.39 Å². The maximum Gasteiger partial charge on any atom is 0.319 e. The van der Waals surface area contributed by atoms with Gasteiger partial charge in [0, 0.05) is 87.9 Å². The van der Waals surface area contributed by atoms with Crippen molar-refractivity contribution >= 4 is 62.6 Å². The molecule has 0 unspecified atom stereocenters. The van der Waals surface area contributed by atoms with Crippen molar-refractivity contribution in [2.45, 2.75) is 76.6 Å². The number of carbonyl (C=O) groups excluding carboxylic acids is 3. The number of aromatic hydroxyl groups is 1. The Morgan fingerprint density at radius 3 is 2.43 bits per heavy atom. The van der Waals surface area contributed by atoms with Gasteiger partial charge in [0.05, 0.1) is 41.4 Å². The molecule has 7 aromatic rings. The smallest absolute Gasteiger partial charge is 0.319 e. The molecular formula is C61H65ClF2N12O7. The number of aliphatic hydroxyl groups is 1. The topological polar surface area (TPSA) is 223 Å². The number of nitriles is 1. The monoisotopic (exact) mass is 1150 g/mol. The number of phenolic OH excluding ortho intramolecular Hbond substituents is 1. The van der Waals surface area contributed by atoms with Crippen LogP contribution in [0, 0.1) is 28.5 Å². The number of hydrogen-bond donors (Lipinski definition) is 3. The number of halogens is 3. The van der Waals surface area contributed by atoms with Gasteiger partial charge < -0.3 is 44.4 Å². The Morgan fingerprint density at radius 1 is 0.964 bits per heavy atom. The Hall–Kier alpha value is -8.19. The van der Waals surface area contributed by atoms with Crippen molar-refractivity contribution in [3.63, 3.8) is 0 Å². The van der Waals surface area contributed by atoms with Gasteiger partial charge in [0.15, 0.2) is 23.2 Å². The lowest BCUT2D eigenvalue weighted by Crippen LogP contribution is -2.60. The minimum absolute atomic E-state index is 0.0254. The summed E-state index contributed by atoms with van der Waals surface area (Å²) in [5.41, 5.74) is 3.20. The van der Waals surface area contributed by atoms with Gasteiger partial charge in [-0.1, -0.05) is 85.7 Å². The van der Waals surface area contributed by atoms with E-state index in [2.05, 4.69) is 43.0 Å². The molecule has 0 aliphatic carbocycles. The molecule has 3 amide bonds. The van der Waals surface area contributed by atoms with E-state index in [1.165, 1.54) is 15.9 Å². The van der Waals surface area contributed by atoms with Crippen molar-refractivity contribution in [3.05, 3.63) is 120 Å². The van der Waals surface area contributed by atoms with E-state index in [0.717, 1.165) is 55.8 Å². The molecule has 5 atom stereocenters. The van der Waals surface area contributed by atoms with Gasteiger partial charge in [0.25, 0.3) is 5.91 Å². The third-order valence-corrected chi connectivity index (χ3v) is 17.3. The van der Waals surface area contributed by atoms with Gasteiger partial charge in [0.2, 0.25) is 11.8 Å². The number of anilines is 2. The van der Waals surface area contributed by atoms with Crippen LogP contribution < -0.4 is 19.9 Å². The zero-order valence-electron chi connectivity index (χ0n) is 46.6. The maximum atomic E-state index is 17.3. The van der Waals surface area contributed by atoms with Crippen LogP contribution in [0.2, 0.25) is 5.02 Å². The van der Waals surface area contributed by atoms with E-state index in [-0.39, 0.29) is 114 Å². The lowest BCUT2D eigenvalue weighted by atomic mass is 9.72. The molecule has 3 N–H and O–H groups in total. The van der Waals surface area contributed by atoms with Crippen molar-refractivity contribution in [2.75, 3.05) is 75.3 Å². The van der Waals surface area contributed by atoms with E-state index in [9.17, 15) is 34.2 Å². The number of ether oxygens (including phenoxy) is 1. The Labute approximate surface area is 483 Å². The van der Waals surface area contributed by atoms with Crippen LogP contribution in [0.5, 0.6) is 11.8 Å². The molecule has 432 valence electrons. The summed E-state index contributed by atoms with van der Waals surface area (Å²) >= 11 is 6.95. The molecular weight excluding hydrogens is 1090 g/mol. The highest BCUT2D eigenvalue weighted by molar-refractivity contribution is 6.35. The highest BCUT2D eigenvalue weighted by atomic mass is 35.5. The first-order valence-electron chi connectivity index (χ1n) is 28.0. The number of rotatable bonds is 16. The predicted octanol–water partition coefficient (Wildman–Crippen LogP) is 8.31. The van der Waals surface area contributed by atoms with E-state index in [0.29, 0.717) is 34.5 Å². The summed E-state index contributed by atoms with van der Waals surface area (Å²) in [5.74, 6) is -3.16. The summed E-state index contributed by atoms with van der Waals surface area (Å²) in [6.45, 7) is 13.0. The van der Waals surface area contributed by atoms with Crippen molar-refractivity contribution in [3.8, 4) is 40.2 Å². The predicted molar refractivity (Wildman–Crippen MR) is 309 cm³/mol. The Bertz CT molecular complexity index is 3670. The van der Waals surface area contributed by atoms with E-state index in [1.807, 2.05) is 82.4 Å². The Morgan fingerprint density at radius 2 is 1.72 bits per heavy atom. The number of nitrogens with one attached hydrogen (secondary N) is 1. The highest BCUT2D eigenvalue weighted by Gasteiger charge is 2.47. The summed E-state index contributed by atoms with van der Waals surface area (Å²) in [6.07, 6.45) is 2.70. The molecule has 4 aliphatic heterocycles. The van der Waals surface area contributed by atoms with Gasteiger partial charge in [-0.3, -0.25) is 24.0 Å². The second-order valence-electron chi connectivity index (χ2n) is 22.8. The molecule has 3 aromatic heterocycles. The van der Waals surface area contributed by atoms with Gasteiger partial charge in [0.1, 0.15) is 35.7 Å². The normalized spacial score (nSPS) is 19.7. The molecule has 4 aromatic carbocycles. The molecule has 0 radical (unpaired) electrons. The number of likely N-dealkylation sites (tertiary alicyclic amines) is 2. The number of fused-ring (bicyclic) bond motifs is 2. The minimum atomic E-state index is -1.14. The molecule has 7 heterocycles. The summed E-state index contributed by atoms with van der Waals surface area (Å²) in [7, 11) is 1.88. The standard InChI is InChI=1S/C61H65ClF2N12O7/c1-35(2)52(59(81)76-32-43(78)28-49(76)57(79)67-37(4)38-10-12-39(13-11-38)48-15-19-66-71(48)5)50-30-51(70-83-50)74-33-61(34-74)16-20-72(21-17-61)24-25-82-60-68-55-46(56(69-60)73-22-23-75(58(80)36(3)63)41(31-73)14-18-65)29-47(62)53(54(55)64)45-27-42(77)26-40-8-6-7-9-44(40)45/h6-13,15,19,26-27,29-30,35,37,41,43,49,52,77-78H,3,14,16-17,20-25,28,31-34H2,1-2,4-5H3,(H,67,79)/t37-,41-,43+,49-,52+/m0/s1. The maximum absolute atomic E-state index is 17.3. The van der Waals surface area contributed by atoms with Gasteiger partial charge in [-0.2, -0.15) is 20.3 Å². The average Bonchev–Trinajstić information content (AvgIpc) is 1.88. The second kappa shape index (κ2) is 23.2. The first-order chi connectivity index (χ1) is 39.9. The summed E-state index contributed by atoms with van der Waals surface area (Å²) < 4.78 is 45.4. The number of carbonyl (C=O) groups is 3. The van der Waals surface area contributed by atoms with Crippen LogP contribution in [0.4, 0.5) is 20.4 Å². The van der Waals surface area contributed by atoms with Gasteiger partial charge in [-0.05, 0) is 90.5 Å². The lowest BCUT2D eigenvalue weighted by Gasteiger charge is -2.54. The van der Waals surface area contributed by atoms with E-state index in [1.54, 1.807) is 34.0 Å². The minimum Gasteiger partial charge on any atom is -0.508 e. The molecule has 4 aliphatic rings. The van der Waals surface area contributed by atoms with Crippen molar-refractivity contribution in [1.82, 2.24) is 44.9 Å². The largest absolute Gasteiger partial charge is 0.508 e.